The van der Waals surface area contributed by atoms with E-state index in [9.17, 15) is 10.1 Å². The number of nitrogens with one attached hydrogen (secondary N) is 1. The quantitative estimate of drug-likeness (QED) is 0.776. The molecule has 5 heteroatoms. The van der Waals surface area contributed by atoms with E-state index in [2.05, 4.69) is 11.4 Å². The summed E-state index contributed by atoms with van der Waals surface area (Å²) in [5.74, 6) is 0.476. The molecule has 1 aromatic rings. The van der Waals surface area contributed by atoms with E-state index in [-0.39, 0.29) is 12.0 Å². The molecule has 25 heavy (non-hydrogen) atoms. The molecule has 0 unspecified atom stereocenters. The van der Waals surface area contributed by atoms with Crippen molar-refractivity contribution in [2.45, 2.75) is 70.5 Å². The molecule has 1 amide bonds. The molecule has 0 spiro atoms. The summed E-state index contributed by atoms with van der Waals surface area (Å²) in [4.78, 5) is 12.9. The highest BCUT2D eigenvalue weighted by Crippen LogP contribution is 2.32. The molecule has 1 aliphatic rings. The first-order chi connectivity index (χ1) is 12.0. The van der Waals surface area contributed by atoms with E-state index < -0.39 is 5.60 Å². The summed E-state index contributed by atoms with van der Waals surface area (Å²) in [6, 6.07) is 7.34. The lowest BCUT2D eigenvalue weighted by Gasteiger charge is -2.30. The highest BCUT2D eigenvalue weighted by molar-refractivity contribution is 5.98. The van der Waals surface area contributed by atoms with Crippen LogP contribution in [-0.4, -0.2) is 24.7 Å². The Bertz CT molecular complexity index is 628. The predicted molar refractivity (Wildman–Crippen MR) is 97.6 cm³/mol. The molecule has 0 aromatic heterocycles. The Kier molecular flexibility index (Phi) is 6.83. The summed E-state index contributed by atoms with van der Waals surface area (Å²) in [5.41, 5.74) is 0.105. The second-order valence-corrected chi connectivity index (χ2v) is 6.72. The molecule has 136 valence electrons. The van der Waals surface area contributed by atoms with Gasteiger partial charge >= 0.3 is 0 Å². The summed E-state index contributed by atoms with van der Waals surface area (Å²) in [6.07, 6.45) is 6.61. The molecule has 0 saturated heterocycles. The summed E-state index contributed by atoms with van der Waals surface area (Å²) in [6.45, 7) is 4.03. The number of anilines is 1. The lowest BCUT2D eigenvalue weighted by Crippen LogP contribution is -2.44. The molecule has 1 saturated carbocycles. The van der Waals surface area contributed by atoms with Gasteiger partial charge in [-0.15, -0.1) is 0 Å². The molecule has 1 aliphatic carbocycles. The average Bonchev–Trinajstić information content (AvgIpc) is 2.89. The molecule has 0 radical (unpaired) electrons. The van der Waals surface area contributed by atoms with E-state index >= 15 is 0 Å². The van der Waals surface area contributed by atoms with Gasteiger partial charge in [0.05, 0.1) is 17.4 Å². The van der Waals surface area contributed by atoms with Crippen molar-refractivity contribution >= 4 is 11.6 Å². The Morgan fingerprint density at radius 3 is 2.56 bits per heavy atom. The van der Waals surface area contributed by atoms with E-state index in [0.29, 0.717) is 29.8 Å². The normalized spacial score (nSPS) is 17.8. The Morgan fingerprint density at radius 2 is 2.00 bits per heavy atom. The fraction of sp³-hybridized carbons (Fsp3) is 0.600. The number of carbonyl (C=O) groups is 1. The number of rotatable bonds is 6. The number of carbonyl (C=O) groups excluding carboxylic acids is 1. The Morgan fingerprint density at radius 1 is 1.32 bits per heavy atom. The molecule has 2 rings (SSSR count). The maximum Gasteiger partial charge on any atom is 0.256 e. The van der Waals surface area contributed by atoms with Gasteiger partial charge < -0.3 is 14.8 Å². The number of hydrogen-bond donors (Lipinski definition) is 1. The maximum atomic E-state index is 12.9. The molecule has 0 heterocycles. The molecule has 1 fully saturated rings. The Hall–Kier alpha value is -2.06. The molecule has 1 aromatic carbocycles. The van der Waals surface area contributed by atoms with Crippen LogP contribution >= 0.6 is 0 Å². The highest BCUT2D eigenvalue weighted by Gasteiger charge is 2.38. The van der Waals surface area contributed by atoms with Gasteiger partial charge in [0.15, 0.2) is 0 Å². The number of nitrogens with zero attached hydrogens (tertiary/aromatic N) is 1. The third kappa shape index (κ3) is 4.73. The Labute approximate surface area is 150 Å². The summed E-state index contributed by atoms with van der Waals surface area (Å²) < 4.78 is 11.4. The fourth-order valence-electron chi connectivity index (χ4n) is 3.17. The average molecular weight is 344 g/mol. The van der Waals surface area contributed by atoms with Crippen LogP contribution in [0.3, 0.4) is 0 Å². The first-order valence-electron chi connectivity index (χ1n) is 9.12. The van der Waals surface area contributed by atoms with Crippen LogP contribution in [0.2, 0.25) is 0 Å². The standard InChI is InChI=1S/C20H28N2O3/c1-4-15(2)25-17-9-10-18(16(13-17)14-21)22-19(23)20(24-3)11-7-5-6-8-12-20/h9-10,13,15H,4-8,11-12H2,1-3H3,(H,22,23)/t15-/m1/s1. The topological polar surface area (TPSA) is 71.3 Å². The van der Waals surface area contributed by atoms with Gasteiger partial charge in [-0.05, 0) is 38.3 Å². The fourth-order valence-corrected chi connectivity index (χ4v) is 3.17. The first-order valence-corrected chi connectivity index (χ1v) is 9.12. The third-order valence-electron chi connectivity index (χ3n) is 4.99. The third-order valence-corrected chi connectivity index (χ3v) is 4.99. The van der Waals surface area contributed by atoms with Crippen molar-refractivity contribution in [2.24, 2.45) is 0 Å². The molecule has 0 bridgehead atoms. The van der Waals surface area contributed by atoms with Crippen molar-refractivity contribution < 1.29 is 14.3 Å². The molecule has 1 atom stereocenters. The SMILES string of the molecule is CC[C@@H](C)Oc1ccc(NC(=O)C2(OC)CCCCCC2)c(C#N)c1. The summed E-state index contributed by atoms with van der Waals surface area (Å²) >= 11 is 0. The minimum Gasteiger partial charge on any atom is -0.491 e. The monoisotopic (exact) mass is 344 g/mol. The van der Waals surface area contributed by atoms with Gasteiger partial charge in [-0.3, -0.25) is 4.79 Å². The van der Waals surface area contributed by atoms with Crippen LogP contribution in [0.15, 0.2) is 18.2 Å². The second-order valence-electron chi connectivity index (χ2n) is 6.72. The zero-order chi connectivity index (χ0) is 18.3. The summed E-state index contributed by atoms with van der Waals surface area (Å²) in [5, 5.41) is 12.3. The first kappa shape index (κ1) is 19.3. The minimum atomic E-state index is -0.797. The highest BCUT2D eigenvalue weighted by atomic mass is 16.5. The minimum absolute atomic E-state index is 0.0785. The smallest absolute Gasteiger partial charge is 0.256 e. The van der Waals surface area contributed by atoms with Gasteiger partial charge in [0.25, 0.3) is 5.91 Å². The zero-order valence-electron chi connectivity index (χ0n) is 15.4. The molecule has 0 aliphatic heterocycles. The molecule has 5 nitrogen and oxygen atoms in total. The van der Waals surface area contributed by atoms with Gasteiger partial charge in [-0.25, -0.2) is 0 Å². The van der Waals surface area contributed by atoms with Crippen molar-refractivity contribution in [1.29, 1.82) is 5.26 Å². The number of methoxy groups -OCH3 is 1. The number of nitriles is 1. The van der Waals surface area contributed by atoms with Crippen LogP contribution in [0.5, 0.6) is 5.75 Å². The van der Waals surface area contributed by atoms with E-state index in [4.69, 9.17) is 9.47 Å². The van der Waals surface area contributed by atoms with Crippen molar-refractivity contribution in [3.8, 4) is 11.8 Å². The van der Waals surface area contributed by atoms with Crippen molar-refractivity contribution in [2.75, 3.05) is 12.4 Å². The van der Waals surface area contributed by atoms with E-state index in [0.717, 1.165) is 32.1 Å². The largest absolute Gasteiger partial charge is 0.491 e. The lowest BCUT2D eigenvalue weighted by atomic mass is 9.93. The van der Waals surface area contributed by atoms with Crippen LogP contribution in [0, 0.1) is 11.3 Å². The molecule has 1 N–H and O–H groups in total. The molecular formula is C20H28N2O3. The predicted octanol–water partition coefficient (Wildman–Crippen LogP) is 4.41. The van der Waals surface area contributed by atoms with Crippen LogP contribution in [0.25, 0.3) is 0 Å². The Balaban J connectivity index is 2.18. The van der Waals surface area contributed by atoms with Crippen LogP contribution in [0.4, 0.5) is 5.69 Å². The number of amides is 1. The van der Waals surface area contributed by atoms with Gasteiger partial charge in [0.2, 0.25) is 0 Å². The zero-order valence-corrected chi connectivity index (χ0v) is 15.4. The van der Waals surface area contributed by atoms with E-state index in [1.54, 1.807) is 25.3 Å². The van der Waals surface area contributed by atoms with Crippen molar-refractivity contribution in [1.82, 2.24) is 0 Å². The van der Waals surface area contributed by atoms with Gasteiger partial charge in [0.1, 0.15) is 17.4 Å². The van der Waals surface area contributed by atoms with Gasteiger partial charge in [-0.2, -0.15) is 5.26 Å². The van der Waals surface area contributed by atoms with Crippen molar-refractivity contribution in [3.05, 3.63) is 23.8 Å². The van der Waals surface area contributed by atoms with Gasteiger partial charge in [0, 0.05) is 13.2 Å². The van der Waals surface area contributed by atoms with Crippen LogP contribution < -0.4 is 10.1 Å². The number of hydrogen-bond acceptors (Lipinski definition) is 4. The maximum absolute atomic E-state index is 12.9. The van der Waals surface area contributed by atoms with E-state index in [1.807, 2.05) is 13.8 Å². The number of benzene rings is 1. The van der Waals surface area contributed by atoms with Crippen LogP contribution in [0.1, 0.15) is 64.4 Å². The van der Waals surface area contributed by atoms with E-state index in [1.165, 1.54) is 0 Å². The second kappa shape index (κ2) is 8.87. The van der Waals surface area contributed by atoms with Crippen LogP contribution in [-0.2, 0) is 9.53 Å². The lowest BCUT2D eigenvalue weighted by molar-refractivity contribution is -0.139. The summed E-state index contributed by atoms with van der Waals surface area (Å²) in [7, 11) is 1.60. The van der Waals surface area contributed by atoms with Crippen molar-refractivity contribution in [3.63, 3.8) is 0 Å². The number of ether oxygens (including phenoxy) is 2. The van der Waals surface area contributed by atoms with Gasteiger partial charge in [-0.1, -0.05) is 32.6 Å². The molecular weight excluding hydrogens is 316 g/mol.